The van der Waals surface area contributed by atoms with E-state index in [0.717, 1.165) is 37.4 Å². The van der Waals surface area contributed by atoms with Crippen molar-refractivity contribution in [1.29, 1.82) is 0 Å². The normalized spacial score (nSPS) is 23.6. The molecule has 0 radical (unpaired) electrons. The summed E-state index contributed by atoms with van der Waals surface area (Å²) < 4.78 is 27.1. The smallest absolute Gasteiger partial charge is 0.263 e. The van der Waals surface area contributed by atoms with Crippen molar-refractivity contribution in [1.82, 2.24) is 14.9 Å². The SMILES string of the molecule is O=C(NC1CCCNC1)c1sccc1S(=O)(=O)N1CCSCC1. The molecule has 1 unspecified atom stereocenters. The first kappa shape index (κ1) is 17.2. The molecule has 1 atom stereocenters. The third kappa shape index (κ3) is 3.90. The highest BCUT2D eigenvalue weighted by Crippen LogP contribution is 2.27. The second-order valence-electron chi connectivity index (χ2n) is 5.65. The molecule has 0 aliphatic carbocycles. The molecule has 9 heteroatoms. The number of amides is 1. The fourth-order valence-electron chi connectivity index (χ4n) is 2.82. The number of carbonyl (C=O) groups is 1. The summed E-state index contributed by atoms with van der Waals surface area (Å²) in [5.41, 5.74) is 0. The fraction of sp³-hybridized carbons (Fsp3) is 0.643. The molecule has 0 bridgehead atoms. The Morgan fingerprint density at radius 1 is 1.35 bits per heavy atom. The highest BCUT2D eigenvalue weighted by molar-refractivity contribution is 7.99. The van der Waals surface area contributed by atoms with Crippen molar-refractivity contribution in [2.24, 2.45) is 0 Å². The molecular formula is C14H21N3O3S3. The first-order chi connectivity index (χ1) is 11.1. The van der Waals surface area contributed by atoms with Gasteiger partial charge in [0.15, 0.2) is 0 Å². The Morgan fingerprint density at radius 2 is 2.13 bits per heavy atom. The summed E-state index contributed by atoms with van der Waals surface area (Å²) in [6, 6.07) is 1.62. The lowest BCUT2D eigenvalue weighted by atomic mass is 10.1. The van der Waals surface area contributed by atoms with Crippen molar-refractivity contribution in [3.63, 3.8) is 0 Å². The number of nitrogens with one attached hydrogen (secondary N) is 2. The van der Waals surface area contributed by atoms with Crippen molar-refractivity contribution in [3.05, 3.63) is 16.3 Å². The van der Waals surface area contributed by atoms with Crippen molar-refractivity contribution in [3.8, 4) is 0 Å². The van der Waals surface area contributed by atoms with Gasteiger partial charge in [0, 0.05) is 37.2 Å². The lowest BCUT2D eigenvalue weighted by Crippen LogP contribution is -2.46. The maximum Gasteiger partial charge on any atom is 0.263 e. The van der Waals surface area contributed by atoms with E-state index in [-0.39, 0.29) is 16.8 Å². The molecule has 6 nitrogen and oxygen atoms in total. The van der Waals surface area contributed by atoms with E-state index in [1.54, 1.807) is 23.2 Å². The quantitative estimate of drug-likeness (QED) is 0.820. The van der Waals surface area contributed by atoms with Crippen molar-refractivity contribution < 1.29 is 13.2 Å². The number of thiophene rings is 1. The van der Waals surface area contributed by atoms with Gasteiger partial charge in [0.2, 0.25) is 10.0 Å². The Hall–Kier alpha value is -0.610. The van der Waals surface area contributed by atoms with Crippen LogP contribution in [0.4, 0.5) is 0 Å². The molecule has 2 aliphatic rings. The number of hydrogen-bond donors (Lipinski definition) is 2. The van der Waals surface area contributed by atoms with Gasteiger partial charge in [-0.25, -0.2) is 8.42 Å². The van der Waals surface area contributed by atoms with Gasteiger partial charge in [-0.05, 0) is 30.8 Å². The Bertz CT molecular complexity index is 647. The zero-order valence-corrected chi connectivity index (χ0v) is 15.2. The second-order valence-corrected chi connectivity index (χ2v) is 9.69. The first-order valence-corrected chi connectivity index (χ1v) is 11.2. The van der Waals surface area contributed by atoms with Crippen LogP contribution in [0, 0.1) is 0 Å². The summed E-state index contributed by atoms with van der Waals surface area (Å²) in [5.74, 6) is 1.33. The Balaban J connectivity index is 1.76. The lowest BCUT2D eigenvalue weighted by molar-refractivity contribution is 0.0931. The molecule has 2 fully saturated rings. The van der Waals surface area contributed by atoms with Gasteiger partial charge < -0.3 is 10.6 Å². The molecular weight excluding hydrogens is 354 g/mol. The molecule has 2 aliphatic heterocycles. The lowest BCUT2D eigenvalue weighted by Gasteiger charge is -2.26. The summed E-state index contributed by atoms with van der Waals surface area (Å²) >= 11 is 2.95. The minimum Gasteiger partial charge on any atom is -0.347 e. The van der Waals surface area contributed by atoms with E-state index in [9.17, 15) is 13.2 Å². The molecule has 3 rings (SSSR count). The van der Waals surface area contributed by atoms with Crippen LogP contribution in [0.3, 0.4) is 0 Å². The average molecular weight is 376 g/mol. The van der Waals surface area contributed by atoms with Gasteiger partial charge in [0.1, 0.15) is 9.77 Å². The monoisotopic (exact) mass is 375 g/mol. The van der Waals surface area contributed by atoms with Gasteiger partial charge in [0.05, 0.1) is 0 Å². The number of rotatable bonds is 4. The number of nitrogens with zero attached hydrogens (tertiary/aromatic N) is 1. The number of thioether (sulfide) groups is 1. The largest absolute Gasteiger partial charge is 0.347 e. The summed E-state index contributed by atoms with van der Waals surface area (Å²) in [4.78, 5) is 13.0. The number of sulfonamides is 1. The number of carbonyl (C=O) groups excluding carboxylic acids is 1. The van der Waals surface area contributed by atoms with Crippen LogP contribution < -0.4 is 10.6 Å². The predicted octanol–water partition coefficient (Wildman–Crippen LogP) is 0.967. The summed E-state index contributed by atoms with van der Waals surface area (Å²) in [5, 5.41) is 7.88. The number of hydrogen-bond acceptors (Lipinski definition) is 6. The van der Waals surface area contributed by atoms with E-state index in [0.29, 0.717) is 18.0 Å². The van der Waals surface area contributed by atoms with E-state index >= 15 is 0 Å². The third-order valence-corrected chi connectivity index (χ3v) is 7.98. The molecule has 2 saturated heterocycles. The molecule has 1 aromatic rings. The second kappa shape index (κ2) is 7.52. The molecule has 0 spiro atoms. The van der Waals surface area contributed by atoms with Crippen LogP contribution in [0.25, 0.3) is 0 Å². The number of piperidine rings is 1. The summed E-state index contributed by atoms with van der Waals surface area (Å²) in [7, 11) is -3.58. The van der Waals surface area contributed by atoms with Crippen LogP contribution in [0.1, 0.15) is 22.5 Å². The zero-order valence-electron chi connectivity index (χ0n) is 12.8. The Labute approximate surface area is 145 Å². The van der Waals surface area contributed by atoms with Gasteiger partial charge in [-0.1, -0.05) is 0 Å². The Kier molecular flexibility index (Phi) is 5.63. The predicted molar refractivity (Wildman–Crippen MR) is 93.8 cm³/mol. The molecule has 128 valence electrons. The van der Waals surface area contributed by atoms with Crippen molar-refractivity contribution >= 4 is 39.0 Å². The van der Waals surface area contributed by atoms with Gasteiger partial charge in [-0.3, -0.25) is 4.79 Å². The molecule has 3 heterocycles. The topological polar surface area (TPSA) is 78.5 Å². The van der Waals surface area contributed by atoms with E-state index in [1.165, 1.54) is 15.6 Å². The van der Waals surface area contributed by atoms with Crippen LogP contribution >= 0.6 is 23.1 Å². The van der Waals surface area contributed by atoms with Crippen molar-refractivity contribution in [2.45, 2.75) is 23.8 Å². The molecule has 0 saturated carbocycles. The maximum atomic E-state index is 12.8. The van der Waals surface area contributed by atoms with Crippen LogP contribution in [0.2, 0.25) is 0 Å². The third-order valence-electron chi connectivity index (χ3n) is 4.06. The highest BCUT2D eigenvalue weighted by atomic mass is 32.2. The summed E-state index contributed by atoms with van der Waals surface area (Å²) in [6.07, 6.45) is 1.95. The van der Waals surface area contributed by atoms with E-state index in [4.69, 9.17) is 0 Å². The fourth-order valence-corrected chi connectivity index (χ4v) is 6.70. The van der Waals surface area contributed by atoms with Gasteiger partial charge >= 0.3 is 0 Å². The molecule has 0 aromatic carbocycles. The summed E-state index contributed by atoms with van der Waals surface area (Å²) in [6.45, 7) is 2.73. The average Bonchev–Trinajstić information content (AvgIpc) is 3.07. The van der Waals surface area contributed by atoms with Gasteiger partial charge in [0.25, 0.3) is 5.91 Å². The zero-order chi connectivity index (χ0) is 16.3. The molecule has 1 aromatic heterocycles. The van der Waals surface area contributed by atoms with Crippen LogP contribution in [-0.2, 0) is 10.0 Å². The molecule has 1 amide bonds. The molecule has 2 N–H and O–H groups in total. The van der Waals surface area contributed by atoms with Crippen LogP contribution in [0.15, 0.2) is 16.3 Å². The van der Waals surface area contributed by atoms with Crippen molar-refractivity contribution in [2.75, 3.05) is 37.7 Å². The Morgan fingerprint density at radius 3 is 2.83 bits per heavy atom. The van der Waals surface area contributed by atoms with Crippen LogP contribution in [-0.4, -0.2) is 62.4 Å². The van der Waals surface area contributed by atoms with Gasteiger partial charge in [-0.15, -0.1) is 11.3 Å². The maximum absolute atomic E-state index is 12.8. The van der Waals surface area contributed by atoms with Gasteiger partial charge in [-0.2, -0.15) is 16.1 Å². The minimum atomic E-state index is -3.58. The highest BCUT2D eigenvalue weighted by Gasteiger charge is 2.31. The molecule has 23 heavy (non-hydrogen) atoms. The van der Waals surface area contributed by atoms with E-state index in [2.05, 4.69) is 10.6 Å². The standard InChI is InChI=1S/C14H21N3O3S3/c18-14(16-11-2-1-4-15-10-11)13-12(3-7-22-13)23(19,20)17-5-8-21-9-6-17/h3,7,11,15H,1-2,4-6,8-10H2,(H,16,18). The van der Waals surface area contributed by atoms with E-state index < -0.39 is 10.0 Å². The van der Waals surface area contributed by atoms with Crippen LogP contribution in [0.5, 0.6) is 0 Å². The van der Waals surface area contributed by atoms with E-state index in [1.807, 2.05) is 0 Å². The first-order valence-electron chi connectivity index (χ1n) is 7.76. The minimum absolute atomic E-state index is 0.0697.